The van der Waals surface area contributed by atoms with Crippen molar-refractivity contribution in [1.29, 1.82) is 0 Å². The van der Waals surface area contributed by atoms with Gasteiger partial charge in [-0.1, -0.05) is 24.3 Å². The summed E-state index contributed by atoms with van der Waals surface area (Å²) in [7, 11) is 1.55. The van der Waals surface area contributed by atoms with E-state index in [1.165, 1.54) is 12.1 Å². The third-order valence-electron chi connectivity index (χ3n) is 5.15. The van der Waals surface area contributed by atoms with Gasteiger partial charge in [-0.25, -0.2) is 4.39 Å². The minimum Gasteiger partial charge on any atom is -0.504 e. The molecule has 0 aromatic heterocycles. The van der Waals surface area contributed by atoms with Gasteiger partial charge in [0.05, 0.1) is 7.11 Å². The lowest BCUT2D eigenvalue weighted by atomic mass is 10.1. The van der Waals surface area contributed by atoms with E-state index in [1.54, 1.807) is 13.2 Å². The Morgan fingerprint density at radius 3 is 2.59 bits per heavy atom. The molecule has 1 aliphatic heterocycles. The minimum absolute atomic E-state index is 0.128. The van der Waals surface area contributed by atoms with E-state index in [2.05, 4.69) is 9.80 Å². The van der Waals surface area contributed by atoms with Gasteiger partial charge in [-0.2, -0.15) is 0 Å². The Labute approximate surface area is 159 Å². The largest absolute Gasteiger partial charge is 0.504 e. The monoisotopic (exact) mass is 374 g/mol. The molecule has 1 saturated heterocycles. The van der Waals surface area contributed by atoms with Crippen molar-refractivity contribution < 1.29 is 19.3 Å². The number of hydrogen-bond acceptors (Lipinski definition) is 5. The van der Waals surface area contributed by atoms with E-state index in [0.717, 1.165) is 37.3 Å². The highest BCUT2D eigenvalue weighted by molar-refractivity contribution is 5.45. The number of hydrogen-bond donors (Lipinski definition) is 2. The normalized spacial score (nSPS) is 18.6. The second-order valence-electron chi connectivity index (χ2n) is 6.97. The topological polar surface area (TPSA) is 56.2 Å². The van der Waals surface area contributed by atoms with E-state index in [0.29, 0.717) is 18.7 Å². The molecule has 0 amide bonds. The molecule has 1 heterocycles. The number of aromatic hydroxyl groups is 1. The first-order chi connectivity index (χ1) is 13.1. The molecule has 5 nitrogen and oxygen atoms in total. The van der Waals surface area contributed by atoms with E-state index in [1.807, 2.05) is 24.3 Å². The number of ether oxygens (including phenoxy) is 1. The van der Waals surface area contributed by atoms with Crippen LogP contribution >= 0.6 is 0 Å². The van der Waals surface area contributed by atoms with E-state index in [4.69, 9.17) is 4.74 Å². The van der Waals surface area contributed by atoms with Crippen LogP contribution in [-0.2, 0) is 13.1 Å². The second-order valence-corrected chi connectivity index (χ2v) is 6.97. The predicted molar refractivity (Wildman–Crippen MR) is 102 cm³/mol. The second kappa shape index (κ2) is 9.17. The molecule has 2 aromatic carbocycles. The Bertz CT molecular complexity index is 739. The summed E-state index contributed by atoms with van der Waals surface area (Å²) in [6.45, 7) is 4.02. The van der Waals surface area contributed by atoms with Crippen molar-refractivity contribution in [3.8, 4) is 11.5 Å². The van der Waals surface area contributed by atoms with Crippen LogP contribution in [0.25, 0.3) is 0 Å². The van der Waals surface area contributed by atoms with Crippen molar-refractivity contribution >= 4 is 0 Å². The smallest absolute Gasteiger partial charge is 0.162 e. The zero-order chi connectivity index (χ0) is 19.2. The van der Waals surface area contributed by atoms with E-state index >= 15 is 0 Å². The highest BCUT2D eigenvalue weighted by Gasteiger charge is 2.27. The van der Waals surface area contributed by atoms with Crippen molar-refractivity contribution in [1.82, 2.24) is 9.80 Å². The maximum atomic E-state index is 13.1. The van der Waals surface area contributed by atoms with Crippen LogP contribution in [0.15, 0.2) is 42.5 Å². The van der Waals surface area contributed by atoms with E-state index < -0.39 is 0 Å². The molecule has 27 heavy (non-hydrogen) atoms. The number of piperazine rings is 1. The fourth-order valence-electron chi connectivity index (χ4n) is 3.66. The number of halogens is 1. The summed E-state index contributed by atoms with van der Waals surface area (Å²) < 4.78 is 18.3. The molecule has 0 unspecified atom stereocenters. The van der Waals surface area contributed by atoms with Crippen LogP contribution in [0.4, 0.5) is 4.39 Å². The molecule has 6 heteroatoms. The SMILES string of the molecule is COc1cccc(CN2CCN(Cc3ccc(F)cc3)[C@@H](CCO)C2)c1O. The maximum absolute atomic E-state index is 13.1. The third-order valence-corrected chi connectivity index (χ3v) is 5.15. The molecule has 0 spiro atoms. The van der Waals surface area contributed by atoms with Crippen molar-refractivity contribution in [2.75, 3.05) is 33.4 Å². The first-order valence-electron chi connectivity index (χ1n) is 9.27. The van der Waals surface area contributed by atoms with Crippen LogP contribution in [0.5, 0.6) is 11.5 Å². The number of nitrogens with zero attached hydrogens (tertiary/aromatic N) is 2. The van der Waals surface area contributed by atoms with Gasteiger partial charge >= 0.3 is 0 Å². The molecular formula is C21H27FN2O3. The molecule has 1 atom stereocenters. The molecule has 2 N–H and O–H groups in total. The van der Waals surface area contributed by atoms with Crippen LogP contribution in [-0.4, -0.2) is 59.4 Å². The highest BCUT2D eigenvalue weighted by atomic mass is 19.1. The number of aliphatic hydroxyl groups is 1. The average molecular weight is 374 g/mol. The van der Waals surface area contributed by atoms with E-state index in [9.17, 15) is 14.6 Å². The first-order valence-corrected chi connectivity index (χ1v) is 9.27. The molecule has 0 aliphatic carbocycles. The van der Waals surface area contributed by atoms with Crippen LogP contribution in [0.2, 0.25) is 0 Å². The molecule has 1 fully saturated rings. The van der Waals surface area contributed by atoms with Gasteiger partial charge in [0, 0.05) is 50.9 Å². The van der Waals surface area contributed by atoms with Crippen LogP contribution in [0.3, 0.4) is 0 Å². The molecule has 0 saturated carbocycles. The Kier molecular flexibility index (Phi) is 6.66. The number of phenolic OH excluding ortho intramolecular Hbond substituents is 1. The number of methoxy groups -OCH3 is 1. The van der Waals surface area contributed by atoms with Gasteiger partial charge in [-0.15, -0.1) is 0 Å². The minimum atomic E-state index is -0.228. The standard InChI is InChI=1S/C21H27FN2O3/c1-27-20-4-2-3-17(21(20)26)14-23-10-11-24(19(15-23)9-12-25)13-16-5-7-18(22)8-6-16/h2-8,19,25-26H,9-15H2,1H3/t19-/m0/s1. The summed E-state index contributed by atoms with van der Waals surface area (Å²) in [6, 6.07) is 12.3. The zero-order valence-electron chi connectivity index (χ0n) is 15.6. The first kappa shape index (κ1) is 19.6. The van der Waals surface area contributed by atoms with Gasteiger partial charge in [0.2, 0.25) is 0 Å². The molecule has 0 radical (unpaired) electrons. The fourth-order valence-corrected chi connectivity index (χ4v) is 3.66. The van der Waals surface area contributed by atoms with Crippen molar-refractivity contribution in [3.05, 3.63) is 59.4 Å². The van der Waals surface area contributed by atoms with Crippen molar-refractivity contribution in [2.24, 2.45) is 0 Å². The summed E-state index contributed by atoms with van der Waals surface area (Å²) in [5, 5.41) is 19.8. The summed E-state index contributed by atoms with van der Waals surface area (Å²) in [5.74, 6) is 0.440. The Hall–Kier alpha value is -2.15. The summed E-state index contributed by atoms with van der Waals surface area (Å²) in [4.78, 5) is 4.63. The Morgan fingerprint density at radius 2 is 1.89 bits per heavy atom. The molecular weight excluding hydrogens is 347 g/mol. The van der Waals surface area contributed by atoms with Gasteiger partial charge in [0.25, 0.3) is 0 Å². The number of para-hydroxylation sites is 1. The fraction of sp³-hybridized carbons (Fsp3) is 0.429. The summed E-state index contributed by atoms with van der Waals surface area (Å²) >= 11 is 0. The van der Waals surface area contributed by atoms with Gasteiger partial charge in [-0.3, -0.25) is 9.80 Å². The quantitative estimate of drug-likeness (QED) is 0.780. The van der Waals surface area contributed by atoms with Crippen LogP contribution in [0.1, 0.15) is 17.5 Å². The van der Waals surface area contributed by atoms with Gasteiger partial charge in [0.1, 0.15) is 5.82 Å². The maximum Gasteiger partial charge on any atom is 0.162 e. The van der Waals surface area contributed by atoms with Gasteiger partial charge in [-0.05, 0) is 30.2 Å². The predicted octanol–water partition coefficient (Wildman–Crippen LogP) is 2.61. The Balaban J connectivity index is 1.65. The molecule has 146 valence electrons. The number of phenols is 1. The van der Waals surface area contributed by atoms with Gasteiger partial charge < -0.3 is 14.9 Å². The number of benzene rings is 2. The Morgan fingerprint density at radius 1 is 1.11 bits per heavy atom. The lowest BCUT2D eigenvalue weighted by Gasteiger charge is -2.41. The third kappa shape index (κ3) is 4.97. The van der Waals surface area contributed by atoms with Gasteiger partial charge in [0.15, 0.2) is 11.5 Å². The highest BCUT2D eigenvalue weighted by Crippen LogP contribution is 2.31. The van der Waals surface area contributed by atoms with Crippen LogP contribution in [0, 0.1) is 5.82 Å². The molecule has 3 rings (SSSR count). The summed E-state index contributed by atoms with van der Waals surface area (Å²) in [6.07, 6.45) is 0.682. The van der Waals surface area contributed by atoms with E-state index in [-0.39, 0.29) is 24.2 Å². The lowest BCUT2D eigenvalue weighted by Crippen LogP contribution is -2.52. The molecule has 0 bridgehead atoms. The average Bonchev–Trinajstić information content (AvgIpc) is 2.67. The van der Waals surface area contributed by atoms with Crippen molar-refractivity contribution in [3.63, 3.8) is 0 Å². The number of rotatable bonds is 7. The van der Waals surface area contributed by atoms with Crippen molar-refractivity contribution in [2.45, 2.75) is 25.6 Å². The summed E-state index contributed by atoms with van der Waals surface area (Å²) in [5.41, 5.74) is 1.90. The zero-order valence-corrected chi connectivity index (χ0v) is 15.6. The van der Waals surface area contributed by atoms with Crippen LogP contribution < -0.4 is 4.74 Å². The number of aliphatic hydroxyl groups excluding tert-OH is 1. The molecule has 1 aliphatic rings. The lowest BCUT2D eigenvalue weighted by molar-refractivity contribution is 0.0496. The molecule has 2 aromatic rings.